The van der Waals surface area contributed by atoms with Crippen LogP contribution in [0.15, 0.2) is 24.3 Å². The number of benzene rings is 1. The summed E-state index contributed by atoms with van der Waals surface area (Å²) in [5.41, 5.74) is 0.902. The summed E-state index contributed by atoms with van der Waals surface area (Å²) in [5.74, 6) is 0.405. The van der Waals surface area contributed by atoms with Gasteiger partial charge in [0.1, 0.15) is 5.75 Å². The SMILES string of the molecule is CCOc1ccc(CC(=O)N(CCOC)CCC(=O)OC)cc1. The van der Waals surface area contributed by atoms with Gasteiger partial charge >= 0.3 is 5.97 Å². The first-order valence-electron chi connectivity index (χ1n) is 7.66. The van der Waals surface area contributed by atoms with E-state index in [2.05, 4.69) is 4.74 Å². The van der Waals surface area contributed by atoms with Crippen molar-refractivity contribution >= 4 is 11.9 Å². The summed E-state index contributed by atoms with van der Waals surface area (Å²) < 4.78 is 15.0. The number of nitrogens with zero attached hydrogens (tertiary/aromatic N) is 1. The lowest BCUT2D eigenvalue weighted by Crippen LogP contribution is -2.36. The molecule has 0 saturated carbocycles. The van der Waals surface area contributed by atoms with Crippen molar-refractivity contribution in [3.05, 3.63) is 29.8 Å². The van der Waals surface area contributed by atoms with E-state index in [1.807, 2.05) is 31.2 Å². The molecular weight excluding hydrogens is 298 g/mol. The maximum atomic E-state index is 12.4. The maximum Gasteiger partial charge on any atom is 0.307 e. The Balaban J connectivity index is 2.61. The van der Waals surface area contributed by atoms with E-state index >= 15 is 0 Å². The highest BCUT2D eigenvalue weighted by molar-refractivity contribution is 5.79. The average Bonchev–Trinajstić information content (AvgIpc) is 2.56. The standard InChI is InChI=1S/C17H25NO5/c1-4-23-15-7-5-14(6-8-15)13-16(19)18(11-12-21-2)10-9-17(20)22-3/h5-8H,4,9-13H2,1-3H3. The third-order valence-corrected chi connectivity index (χ3v) is 3.32. The van der Waals surface area contributed by atoms with Gasteiger partial charge in [-0.15, -0.1) is 0 Å². The van der Waals surface area contributed by atoms with E-state index in [9.17, 15) is 9.59 Å². The van der Waals surface area contributed by atoms with E-state index in [-0.39, 0.29) is 24.7 Å². The van der Waals surface area contributed by atoms with Crippen molar-refractivity contribution < 1.29 is 23.8 Å². The Morgan fingerprint density at radius 3 is 2.35 bits per heavy atom. The lowest BCUT2D eigenvalue weighted by molar-refractivity contribution is -0.141. The normalized spacial score (nSPS) is 10.2. The van der Waals surface area contributed by atoms with Gasteiger partial charge in [0.05, 0.1) is 33.2 Å². The molecule has 0 aliphatic rings. The zero-order valence-electron chi connectivity index (χ0n) is 14.0. The Labute approximate surface area is 137 Å². The highest BCUT2D eigenvalue weighted by Crippen LogP contribution is 2.13. The number of hydrogen-bond acceptors (Lipinski definition) is 5. The van der Waals surface area contributed by atoms with Crippen LogP contribution < -0.4 is 4.74 Å². The van der Waals surface area contributed by atoms with Crippen molar-refractivity contribution in [1.82, 2.24) is 4.90 Å². The fourth-order valence-electron chi connectivity index (χ4n) is 2.05. The summed E-state index contributed by atoms with van der Waals surface area (Å²) in [7, 11) is 2.92. The molecule has 1 aromatic carbocycles. The Kier molecular flexibility index (Phi) is 8.75. The molecule has 0 radical (unpaired) electrons. The lowest BCUT2D eigenvalue weighted by Gasteiger charge is -2.22. The molecule has 128 valence electrons. The Morgan fingerprint density at radius 2 is 1.78 bits per heavy atom. The van der Waals surface area contributed by atoms with Gasteiger partial charge in [0.2, 0.25) is 5.91 Å². The maximum absolute atomic E-state index is 12.4. The van der Waals surface area contributed by atoms with Crippen LogP contribution in [0, 0.1) is 0 Å². The van der Waals surface area contributed by atoms with Crippen LogP contribution in [0.3, 0.4) is 0 Å². The van der Waals surface area contributed by atoms with Crippen molar-refractivity contribution in [3.8, 4) is 5.75 Å². The van der Waals surface area contributed by atoms with Crippen LogP contribution >= 0.6 is 0 Å². The number of amides is 1. The van der Waals surface area contributed by atoms with Gasteiger partial charge in [-0.25, -0.2) is 0 Å². The molecule has 0 heterocycles. The summed E-state index contributed by atoms with van der Waals surface area (Å²) in [5, 5.41) is 0. The fourth-order valence-corrected chi connectivity index (χ4v) is 2.05. The van der Waals surface area contributed by atoms with Gasteiger partial charge in [-0.05, 0) is 24.6 Å². The summed E-state index contributed by atoms with van der Waals surface area (Å²) >= 11 is 0. The first kappa shape index (κ1) is 19.0. The second-order valence-electron chi connectivity index (χ2n) is 4.95. The van der Waals surface area contributed by atoms with E-state index in [0.29, 0.717) is 26.3 Å². The number of ether oxygens (including phenoxy) is 3. The Bertz CT molecular complexity index is 486. The quantitative estimate of drug-likeness (QED) is 0.613. The third-order valence-electron chi connectivity index (χ3n) is 3.32. The molecule has 0 atom stereocenters. The number of methoxy groups -OCH3 is 2. The van der Waals surface area contributed by atoms with Gasteiger partial charge in [-0.3, -0.25) is 9.59 Å². The second-order valence-corrected chi connectivity index (χ2v) is 4.95. The van der Waals surface area contributed by atoms with Crippen LogP contribution in [0.1, 0.15) is 18.9 Å². The number of esters is 1. The van der Waals surface area contributed by atoms with Crippen LogP contribution in [0.4, 0.5) is 0 Å². The third kappa shape index (κ3) is 7.15. The minimum absolute atomic E-state index is 0.0462. The van der Waals surface area contributed by atoms with Crippen LogP contribution in [0.5, 0.6) is 5.75 Å². The van der Waals surface area contributed by atoms with Gasteiger partial charge in [0, 0.05) is 20.2 Å². The molecule has 1 amide bonds. The topological polar surface area (TPSA) is 65.1 Å². The van der Waals surface area contributed by atoms with Crippen LogP contribution in [-0.4, -0.2) is 57.3 Å². The highest BCUT2D eigenvalue weighted by atomic mass is 16.5. The monoisotopic (exact) mass is 323 g/mol. The largest absolute Gasteiger partial charge is 0.494 e. The minimum atomic E-state index is -0.332. The molecule has 0 bridgehead atoms. The molecule has 0 aromatic heterocycles. The van der Waals surface area contributed by atoms with E-state index < -0.39 is 0 Å². The van der Waals surface area contributed by atoms with Gasteiger partial charge in [-0.2, -0.15) is 0 Å². The summed E-state index contributed by atoms with van der Waals surface area (Å²) in [6, 6.07) is 7.44. The molecule has 0 unspecified atom stereocenters. The first-order valence-corrected chi connectivity index (χ1v) is 7.66. The van der Waals surface area contributed by atoms with E-state index in [0.717, 1.165) is 11.3 Å². The van der Waals surface area contributed by atoms with Gasteiger partial charge < -0.3 is 19.1 Å². The van der Waals surface area contributed by atoms with Crippen LogP contribution in [-0.2, 0) is 25.5 Å². The summed E-state index contributed by atoms with van der Waals surface area (Å²) in [6.07, 6.45) is 0.451. The number of rotatable bonds is 10. The highest BCUT2D eigenvalue weighted by Gasteiger charge is 2.15. The minimum Gasteiger partial charge on any atom is -0.494 e. The predicted octanol–water partition coefficient (Wildman–Crippen LogP) is 1.67. The lowest BCUT2D eigenvalue weighted by atomic mass is 10.1. The average molecular weight is 323 g/mol. The van der Waals surface area contributed by atoms with Crippen molar-refractivity contribution in [1.29, 1.82) is 0 Å². The van der Waals surface area contributed by atoms with E-state index in [1.165, 1.54) is 7.11 Å². The van der Waals surface area contributed by atoms with Crippen molar-refractivity contribution in [2.75, 3.05) is 40.5 Å². The molecule has 1 rings (SSSR count). The summed E-state index contributed by atoms with van der Waals surface area (Å²) in [4.78, 5) is 25.3. The van der Waals surface area contributed by atoms with Crippen molar-refractivity contribution in [3.63, 3.8) is 0 Å². The predicted molar refractivity (Wildman–Crippen MR) is 86.4 cm³/mol. The number of carbonyl (C=O) groups is 2. The van der Waals surface area contributed by atoms with Gasteiger partial charge in [0.15, 0.2) is 0 Å². The molecule has 1 aromatic rings. The molecule has 0 fully saturated rings. The zero-order chi connectivity index (χ0) is 17.1. The fraction of sp³-hybridized carbons (Fsp3) is 0.529. The first-order chi connectivity index (χ1) is 11.1. The van der Waals surface area contributed by atoms with Crippen molar-refractivity contribution in [2.24, 2.45) is 0 Å². The van der Waals surface area contributed by atoms with Crippen molar-refractivity contribution in [2.45, 2.75) is 19.8 Å². The van der Waals surface area contributed by atoms with E-state index in [4.69, 9.17) is 9.47 Å². The zero-order valence-corrected chi connectivity index (χ0v) is 14.0. The molecule has 0 spiro atoms. The molecule has 0 saturated heterocycles. The molecule has 0 aliphatic carbocycles. The smallest absolute Gasteiger partial charge is 0.307 e. The summed E-state index contributed by atoms with van der Waals surface area (Å²) in [6.45, 7) is 3.73. The van der Waals surface area contributed by atoms with Gasteiger partial charge in [-0.1, -0.05) is 12.1 Å². The van der Waals surface area contributed by atoms with Gasteiger partial charge in [0.25, 0.3) is 0 Å². The Hall–Kier alpha value is -2.08. The number of carbonyl (C=O) groups excluding carboxylic acids is 2. The molecule has 0 N–H and O–H groups in total. The number of hydrogen-bond donors (Lipinski definition) is 0. The molecule has 6 heteroatoms. The van der Waals surface area contributed by atoms with Crippen LogP contribution in [0.25, 0.3) is 0 Å². The second kappa shape index (κ2) is 10.6. The van der Waals surface area contributed by atoms with Crippen LogP contribution in [0.2, 0.25) is 0 Å². The molecule has 6 nitrogen and oxygen atoms in total. The molecule has 23 heavy (non-hydrogen) atoms. The van der Waals surface area contributed by atoms with E-state index in [1.54, 1.807) is 12.0 Å². The molecule has 0 aliphatic heterocycles. The Morgan fingerprint density at radius 1 is 1.09 bits per heavy atom. The molecular formula is C17H25NO5.